The zero-order valence-electron chi connectivity index (χ0n) is 13.1. The molecule has 2 aromatic rings. The van der Waals surface area contributed by atoms with Crippen molar-refractivity contribution in [2.75, 3.05) is 13.1 Å². The Morgan fingerprint density at radius 2 is 1.92 bits per heavy atom. The lowest BCUT2D eigenvalue weighted by atomic mass is 9.85. The van der Waals surface area contributed by atoms with Crippen LogP contribution in [0.25, 0.3) is 0 Å². The average Bonchev–Trinajstić information content (AvgIpc) is 2.58. The highest BCUT2D eigenvalue weighted by molar-refractivity contribution is 5.25. The molecule has 1 saturated heterocycles. The predicted molar refractivity (Wildman–Crippen MR) is 86.2 cm³/mol. The number of halogens is 2. The molecule has 0 aliphatic carbocycles. The average molecular weight is 332 g/mol. The van der Waals surface area contributed by atoms with E-state index in [2.05, 4.69) is 0 Å². The summed E-state index contributed by atoms with van der Waals surface area (Å²) >= 11 is 0. The monoisotopic (exact) mass is 332 g/mol. The normalized spacial score (nSPS) is 21.6. The van der Waals surface area contributed by atoms with Crippen molar-refractivity contribution in [3.05, 3.63) is 81.4 Å². The van der Waals surface area contributed by atoms with Gasteiger partial charge in [-0.05, 0) is 36.7 Å². The maximum atomic E-state index is 14.0. The van der Waals surface area contributed by atoms with E-state index < -0.39 is 23.6 Å². The third kappa shape index (κ3) is 3.59. The number of hydrogen-bond donors (Lipinski definition) is 0. The second-order valence-corrected chi connectivity index (χ2v) is 6.13. The molecule has 6 heteroatoms. The second kappa shape index (κ2) is 7.05. The Hall–Kier alpha value is -2.34. The molecule has 1 heterocycles. The van der Waals surface area contributed by atoms with E-state index in [1.165, 1.54) is 0 Å². The number of hydrogen-bond acceptors (Lipinski definition) is 3. The van der Waals surface area contributed by atoms with Crippen molar-refractivity contribution >= 4 is 0 Å². The molecule has 3 rings (SSSR count). The van der Waals surface area contributed by atoms with Crippen LogP contribution in [0.3, 0.4) is 0 Å². The number of benzene rings is 2. The summed E-state index contributed by atoms with van der Waals surface area (Å²) in [6, 6.07) is 11.9. The number of nitrogens with zero attached hydrogens (tertiary/aromatic N) is 2. The van der Waals surface area contributed by atoms with Gasteiger partial charge in [-0.3, -0.25) is 15.0 Å². The SMILES string of the molecule is O=[N+]([O-])[C@H]1CN(Cc2ccccc2)CCC1c1cc(F)ccc1F. The summed E-state index contributed by atoms with van der Waals surface area (Å²) in [5, 5.41) is 11.5. The first-order chi connectivity index (χ1) is 11.5. The van der Waals surface area contributed by atoms with E-state index in [0.717, 1.165) is 23.8 Å². The second-order valence-electron chi connectivity index (χ2n) is 6.13. The summed E-state index contributed by atoms with van der Waals surface area (Å²) in [6.07, 6.45) is 0.429. The van der Waals surface area contributed by atoms with Gasteiger partial charge in [0.2, 0.25) is 6.04 Å². The highest BCUT2D eigenvalue weighted by Gasteiger charge is 2.39. The van der Waals surface area contributed by atoms with Crippen molar-refractivity contribution in [2.45, 2.75) is 24.9 Å². The van der Waals surface area contributed by atoms with Gasteiger partial charge in [0, 0.05) is 17.0 Å². The highest BCUT2D eigenvalue weighted by Crippen LogP contribution is 2.32. The lowest BCUT2D eigenvalue weighted by Crippen LogP contribution is -2.46. The molecule has 0 N–H and O–H groups in total. The third-order valence-corrected chi connectivity index (χ3v) is 4.54. The van der Waals surface area contributed by atoms with E-state index in [0.29, 0.717) is 19.5 Å². The Balaban J connectivity index is 1.79. The Labute approximate surface area is 138 Å². The smallest absolute Gasteiger partial charge is 0.232 e. The maximum absolute atomic E-state index is 14.0. The highest BCUT2D eigenvalue weighted by atomic mass is 19.1. The molecule has 4 nitrogen and oxygen atoms in total. The van der Waals surface area contributed by atoms with Gasteiger partial charge in [0.1, 0.15) is 11.6 Å². The standard InChI is InChI=1S/C18H18F2N2O2/c19-14-6-7-17(20)16(10-14)15-8-9-21(12-18(15)22(23)24)11-13-4-2-1-3-5-13/h1-7,10,15,18H,8-9,11-12H2/t15?,18-/m0/s1. The molecule has 2 aromatic carbocycles. The van der Waals surface area contributed by atoms with Crippen LogP contribution in [0.5, 0.6) is 0 Å². The molecule has 0 aromatic heterocycles. The van der Waals surface area contributed by atoms with E-state index in [1.807, 2.05) is 35.2 Å². The maximum Gasteiger partial charge on any atom is 0.232 e. The molecule has 0 bridgehead atoms. The summed E-state index contributed by atoms with van der Waals surface area (Å²) < 4.78 is 27.5. The largest absolute Gasteiger partial charge is 0.292 e. The van der Waals surface area contributed by atoms with Crippen LogP contribution in [0.15, 0.2) is 48.5 Å². The van der Waals surface area contributed by atoms with E-state index in [4.69, 9.17) is 0 Å². The molecule has 1 aliphatic heterocycles. The van der Waals surface area contributed by atoms with Crippen molar-refractivity contribution in [3.63, 3.8) is 0 Å². The summed E-state index contributed by atoms with van der Waals surface area (Å²) in [5.74, 6) is -1.76. The first-order valence-corrected chi connectivity index (χ1v) is 7.89. The summed E-state index contributed by atoms with van der Waals surface area (Å²) in [4.78, 5) is 13.1. The minimum Gasteiger partial charge on any atom is -0.292 e. The van der Waals surface area contributed by atoms with Gasteiger partial charge < -0.3 is 0 Å². The van der Waals surface area contributed by atoms with Crippen LogP contribution in [-0.2, 0) is 6.54 Å². The fourth-order valence-electron chi connectivity index (χ4n) is 3.36. The van der Waals surface area contributed by atoms with Crippen LogP contribution in [0.2, 0.25) is 0 Å². The zero-order valence-corrected chi connectivity index (χ0v) is 13.1. The first-order valence-electron chi connectivity index (χ1n) is 7.89. The van der Waals surface area contributed by atoms with Crippen LogP contribution in [0, 0.1) is 21.7 Å². The molecule has 0 saturated carbocycles. The Kier molecular flexibility index (Phi) is 4.85. The van der Waals surface area contributed by atoms with Crippen molar-refractivity contribution in [1.82, 2.24) is 4.90 Å². The number of nitro groups is 1. The van der Waals surface area contributed by atoms with Crippen molar-refractivity contribution in [2.24, 2.45) is 0 Å². The Bertz CT molecular complexity index is 724. The molecule has 2 atom stereocenters. The van der Waals surface area contributed by atoms with Gasteiger partial charge >= 0.3 is 0 Å². The molecular formula is C18H18F2N2O2. The topological polar surface area (TPSA) is 46.4 Å². The summed E-state index contributed by atoms with van der Waals surface area (Å²) in [6.45, 7) is 1.45. The quantitative estimate of drug-likeness (QED) is 0.635. The van der Waals surface area contributed by atoms with Crippen LogP contribution in [0.1, 0.15) is 23.5 Å². The lowest BCUT2D eigenvalue weighted by Gasteiger charge is -2.34. The molecular weight excluding hydrogens is 314 g/mol. The van der Waals surface area contributed by atoms with Gasteiger partial charge in [-0.2, -0.15) is 0 Å². The number of rotatable bonds is 4. The van der Waals surface area contributed by atoms with Crippen LogP contribution >= 0.6 is 0 Å². The molecule has 1 aliphatic rings. The fraction of sp³-hybridized carbons (Fsp3) is 0.333. The summed E-state index contributed by atoms with van der Waals surface area (Å²) in [5.41, 5.74) is 1.19. The Morgan fingerprint density at radius 1 is 1.17 bits per heavy atom. The van der Waals surface area contributed by atoms with Gasteiger partial charge in [-0.15, -0.1) is 0 Å². The molecule has 0 radical (unpaired) electrons. The van der Waals surface area contributed by atoms with E-state index in [-0.39, 0.29) is 17.0 Å². The number of likely N-dealkylation sites (tertiary alicyclic amines) is 1. The minimum atomic E-state index is -0.946. The van der Waals surface area contributed by atoms with Crippen LogP contribution in [-0.4, -0.2) is 29.0 Å². The fourth-order valence-corrected chi connectivity index (χ4v) is 3.36. The van der Waals surface area contributed by atoms with E-state index in [9.17, 15) is 18.9 Å². The van der Waals surface area contributed by atoms with Crippen LogP contribution in [0.4, 0.5) is 8.78 Å². The molecule has 1 unspecified atom stereocenters. The van der Waals surface area contributed by atoms with Crippen molar-refractivity contribution < 1.29 is 13.7 Å². The van der Waals surface area contributed by atoms with Gasteiger partial charge in [0.15, 0.2) is 0 Å². The minimum absolute atomic E-state index is 0.107. The van der Waals surface area contributed by atoms with Gasteiger partial charge in [-0.25, -0.2) is 8.78 Å². The lowest BCUT2D eigenvalue weighted by molar-refractivity contribution is -0.530. The van der Waals surface area contributed by atoms with Gasteiger partial charge in [0.25, 0.3) is 0 Å². The predicted octanol–water partition coefficient (Wildman–Crippen LogP) is 3.60. The van der Waals surface area contributed by atoms with Crippen molar-refractivity contribution in [3.8, 4) is 0 Å². The summed E-state index contributed by atoms with van der Waals surface area (Å²) in [7, 11) is 0. The van der Waals surface area contributed by atoms with Gasteiger partial charge in [0.05, 0.1) is 12.5 Å². The van der Waals surface area contributed by atoms with Crippen molar-refractivity contribution in [1.29, 1.82) is 0 Å². The molecule has 0 amide bonds. The third-order valence-electron chi connectivity index (χ3n) is 4.54. The molecule has 126 valence electrons. The molecule has 1 fully saturated rings. The van der Waals surface area contributed by atoms with E-state index >= 15 is 0 Å². The number of piperidine rings is 1. The molecule has 24 heavy (non-hydrogen) atoms. The first kappa shape index (κ1) is 16.5. The van der Waals surface area contributed by atoms with E-state index in [1.54, 1.807) is 0 Å². The molecule has 0 spiro atoms. The Morgan fingerprint density at radius 3 is 2.62 bits per heavy atom. The van der Waals surface area contributed by atoms with Gasteiger partial charge in [-0.1, -0.05) is 30.3 Å². The zero-order chi connectivity index (χ0) is 17.1. The van der Waals surface area contributed by atoms with Crippen LogP contribution < -0.4 is 0 Å².